The fraction of sp³-hybridized carbons (Fsp3) is 0.300. The molecule has 25 heavy (non-hydrogen) atoms. The summed E-state index contributed by atoms with van der Waals surface area (Å²) < 4.78 is 0. The third kappa shape index (κ3) is 5.64. The lowest BCUT2D eigenvalue weighted by molar-refractivity contribution is -0.115. The molecular weight excluding hydrogens is 332 g/mol. The highest BCUT2D eigenvalue weighted by molar-refractivity contribution is 8.01. The number of hydrogen-bond donors (Lipinski definition) is 2. The molecule has 0 heterocycles. The molecular formula is C20H24N2O2S. The highest BCUT2D eigenvalue weighted by Crippen LogP contribution is 2.23. The molecule has 0 aromatic heterocycles. The number of amides is 2. The van der Waals surface area contributed by atoms with Crippen molar-refractivity contribution in [3.63, 3.8) is 0 Å². The molecule has 0 fully saturated rings. The predicted molar refractivity (Wildman–Crippen MR) is 106 cm³/mol. The molecule has 1 atom stereocenters. The van der Waals surface area contributed by atoms with Crippen molar-refractivity contribution >= 4 is 35.0 Å². The topological polar surface area (TPSA) is 58.2 Å². The summed E-state index contributed by atoms with van der Waals surface area (Å²) in [6, 6.07) is 13.4. The van der Waals surface area contributed by atoms with E-state index in [1.165, 1.54) is 17.3 Å². The van der Waals surface area contributed by atoms with E-state index in [4.69, 9.17) is 0 Å². The van der Waals surface area contributed by atoms with E-state index in [0.29, 0.717) is 0 Å². The standard InChI is InChI=1S/C20H24N2O2S/c1-13-10-14(2)19(15(3)11-13)22-20(24)16(4)25-12-18(23)21-17-8-6-5-7-9-17/h5-11,16H,12H2,1-4H3,(H,21,23)(H,22,24)/t16-/m0/s1. The minimum absolute atomic E-state index is 0.0902. The van der Waals surface area contributed by atoms with Crippen LogP contribution in [0.25, 0.3) is 0 Å². The molecule has 0 radical (unpaired) electrons. The maximum Gasteiger partial charge on any atom is 0.237 e. The molecule has 5 heteroatoms. The zero-order valence-electron chi connectivity index (χ0n) is 15.1. The van der Waals surface area contributed by atoms with Crippen molar-refractivity contribution < 1.29 is 9.59 Å². The summed E-state index contributed by atoms with van der Waals surface area (Å²) in [5.74, 6) is 0.0288. The molecule has 2 aromatic carbocycles. The summed E-state index contributed by atoms with van der Waals surface area (Å²) >= 11 is 1.32. The summed E-state index contributed by atoms with van der Waals surface area (Å²) in [5.41, 5.74) is 4.88. The zero-order chi connectivity index (χ0) is 18.4. The van der Waals surface area contributed by atoms with Gasteiger partial charge in [-0.25, -0.2) is 0 Å². The Bertz CT molecular complexity index is 737. The number of carbonyl (C=O) groups excluding carboxylic acids is 2. The summed E-state index contributed by atoms with van der Waals surface area (Å²) in [6.45, 7) is 7.82. The van der Waals surface area contributed by atoms with Crippen molar-refractivity contribution in [1.29, 1.82) is 0 Å². The summed E-state index contributed by atoms with van der Waals surface area (Å²) in [6.07, 6.45) is 0. The summed E-state index contributed by atoms with van der Waals surface area (Å²) in [4.78, 5) is 24.4. The number of nitrogens with one attached hydrogen (secondary N) is 2. The number of benzene rings is 2. The van der Waals surface area contributed by atoms with Gasteiger partial charge in [0, 0.05) is 11.4 Å². The second-order valence-corrected chi connectivity index (χ2v) is 7.46. The summed E-state index contributed by atoms with van der Waals surface area (Å²) in [5, 5.41) is 5.49. The first-order valence-electron chi connectivity index (χ1n) is 8.22. The van der Waals surface area contributed by atoms with Crippen molar-refractivity contribution in [2.24, 2.45) is 0 Å². The van der Waals surface area contributed by atoms with Crippen molar-refractivity contribution in [2.75, 3.05) is 16.4 Å². The number of para-hydroxylation sites is 1. The second kappa shape index (κ2) is 8.72. The molecule has 2 amide bonds. The van der Waals surface area contributed by atoms with Crippen LogP contribution in [0.15, 0.2) is 42.5 Å². The predicted octanol–water partition coefficient (Wildman–Crippen LogP) is 4.31. The first-order chi connectivity index (χ1) is 11.9. The van der Waals surface area contributed by atoms with Gasteiger partial charge in [0.25, 0.3) is 0 Å². The Labute approximate surface area is 153 Å². The maximum atomic E-state index is 12.4. The normalized spacial score (nSPS) is 11.7. The first kappa shape index (κ1) is 19.1. The van der Waals surface area contributed by atoms with Crippen molar-refractivity contribution in [3.8, 4) is 0 Å². The number of anilines is 2. The molecule has 2 aromatic rings. The van der Waals surface area contributed by atoms with Gasteiger partial charge in [0.15, 0.2) is 0 Å². The Morgan fingerprint density at radius 2 is 1.60 bits per heavy atom. The van der Waals surface area contributed by atoms with Crippen LogP contribution in [0, 0.1) is 20.8 Å². The smallest absolute Gasteiger partial charge is 0.237 e. The lowest BCUT2D eigenvalue weighted by Gasteiger charge is -2.16. The number of thioether (sulfide) groups is 1. The van der Waals surface area contributed by atoms with Gasteiger partial charge in [-0.15, -0.1) is 11.8 Å². The molecule has 0 bridgehead atoms. The van der Waals surface area contributed by atoms with E-state index in [9.17, 15) is 9.59 Å². The lowest BCUT2D eigenvalue weighted by Crippen LogP contribution is -2.25. The number of rotatable bonds is 6. The van der Waals surface area contributed by atoms with E-state index >= 15 is 0 Å². The van der Waals surface area contributed by atoms with Gasteiger partial charge in [0.1, 0.15) is 0 Å². The monoisotopic (exact) mass is 356 g/mol. The lowest BCUT2D eigenvalue weighted by atomic mass is 10.1. The van der Waals surface area contributed by atoms with Gasteiger partial charge in [-0.05, 0) is 51.0 Å². The third-order valence-electron chi connectivity index (χ3n) is 3.82. The molecule has 0 aliphatic carbocycles. The van der Waals surface area contributed by atoms with Crippen LogP contribution in [0.2, 0.25) is 0 Å². The van der Waals surface area contributed by atoms with E-state index in [1.54, 1.807) is 0 Å². The number of hydrogen-bond acceptors (Lipinski definition) is 3. The largest absolute Gasteiger partial charge is 0.325 e. The van der Waals surface area contributed by atoms with Gasteiger partial charge in [-0.1, -0.05) is 35.9 Å². The molecule has 132 valence electrons. The molecule has 0 aliphatic rings. The maximum absolute atomic E-state index is 12.4. The third-order valence-corrected chi connectivity index (χ3v) is 4.96. The SMILES string of the molecule is Cc1cc(C)c(NC(=O)[C@H](C)SCC(=O)Nc2ccccc2)c(C)c1. The van der Waals surface area contributed by atoms with Gasteiger partial charge >= 0.3 is 0 Å². The van der Waals surface area contributed by atoms with Gasteiger partial charge in [0.2, 0.25) is 11.8 Å². The Kier molecular flexibility index (Phi) is 6.65. The van der Waals surface area contributed by atoms with Gasteiger partial charge in [-0.2, -0.15) is 0 Å². The van der Waals surface area contributed by atoms with Crippen LogP contribution in [0.3, 0.4) is 0 Å². The first-order valence-corrected chi connectivity index (χ1v) is 9.27. The van der Waals surface area contributed by atoms with E-state index in [-0.39, 0.29) is 22.8 Å². The average Bonchev–Trinajstić information content (AvgIpc) is 2.56. The average molecular weight is 356 g/mol. The van der Waals surface area contributed by atoms with E-state index in [1.807, 2.05) is 70.2 Å². The Morgan fingerprint density at radius 1 is 1.00 bits per heavy atom. The van der Waals surface area contributed by atoms with Crippen LogP contribution in [0.1, 0.15) is 23.6 Å². The van der Waals surface area contributed by atoms with Gasteiger partial charge in [0.05, 0.1) is 11.0 Å². The molecule has 0 spiro atoms. The van der Waals surface area contributed by atoms with Crippen LogP contribution < -0.4 is 10.6 Å². The molecule has 0 saturated heterocycles. The minimum atomic E-state index is -0.318. The molecule has 0 unspecified atom stereocenters. The summed E-state index contributed by atoms with van der Waals surface area (Å²) in [7, 11) is 0. The molecule has 0 aliphatic heterocycles. The Morgan fingerprint density at radius 3 is 2.20 bits per heavy atom. The fourth-order valence-electron chi connectivity index (χ4n) is 2.60. The Hall–Kier alpha value is -2.27. The van der Waals surface area contributed by atoms with Crippen LogP contribution in [0.4, 0.5) is 11.4 Å². The van der Waals surface area contributed by atoms with Gasteiger partial charge in [-0.3, -0.25) is 9.59 Å². The van der Waals surface area contributed by atoms with Crippen molar-refractivity contribution in [1.82, 2.24) is 0 Å². The van der Waals surface area contributed by atoms with E-state index in [0.717, 1.165) is 22.5 Å². The Balaban J connectivity index is 1.87. The number of aryl methyl sites for hydroxylation is 3. The molecule has 0 saturated carbocycles. The number of carbonyl (C=O) groups is 2. The van der Waals surface area contributed by atoms with E-state index < -0.39 is 0 Å². The quantitative estimate of drug-likeness (QED) is 0.811. The van der Waals surface area contributed by atoms with Crippen molar-refractivity contribution in [3.05, 3.63) is 59.2 Å². The zero-order valence-corrected chi connectivity index (χ0v) is 15.9. The van der Waals surface area contributed by atoms with Crippen LogP contribution in [-0.2, 0) is 9.59 Å². The van der Waals surface area contributed by atoms with Crippen LogP contribution >= 0.6 is 11.8 Å². The van der Waals surface area contributed by atoms with Crippen LogP contribution in [0.5, 0.6) is 0 Å². The highest BCUT2D eigenvalue weighted by atomic mass is 32.2. The van der Waals surface area contributed by atoms with Gasteiger partial charge < -0.3 is 10.6 Å². The van der Waals surface area contributed by atoms with Crippen LogP contribution in [-0.4, -0.2) is 22.8 Å². The fourth-order valence-corrected chi connectivity index (χ4v) is 3.28. The second-order valence-electron chi connectivity index (χ2n) is 6.13. The van der Waals surface area contributed by atoms with Crippen molar-refractivity contribution in [2.45, 2.75) is 32.9 Å². The minimum Gasteiger partial charge on any atom is -0.325 e. The highest BCUT2D eigenvalue weighted by Gasteiger charge is 2.17. The van der Waals surface area contributed by atoms with E-state index in [2.05, 4.69) is 10.6 Å². The molecule has 2 N–H and O–H groups in total. The molecule has 4 nitrogen and oxygen atoms in total. The molecule has 2 rings (SSSR count).